The maximum atomic E-state index is 12.7. The van der Waals surface area contributed by atoms with E-state index in [1.165, 1.54) is 0 Å². The highest BCUT2D eigenvalue weighted by Gasteiger charge is 2.29. The zero-order valence-electron chi connectivity index (χ0n) is 11.7. The Bertz CT molecular complexity index is 456. The van der Waals surface area contributed by atoms with Gasteiger partial charge in [-0.05, 0) is 42.3 Å². The van der Waals surface area contributed by atoms with E-state index >= 15 is 0 Å². The van der Waals surface area contributed by atoms with Crippen LogP contribution in [0.1, 0.15) is 43.7 Å². The molecule has 106 valence electrons. The first-order valence-corrected chi connectivity index (χ1v) is 7.60. The zero-order chi connectivity index (χ0) is 14.0. The summed E-state index contributed by atoms with van der Waals surface area (Å²) in [6, 6.07) is 2.37. The summed E-state index contributed by atoms with van der Waals surface area (Å²) in [5, 5.41) is 0. The van der Waals surface area contributed by atoms with E-state index in [2.05, 4.69) is 36.7 Å². The Morgan fingerprint density at radius 3 is 2.95 bits per heavy atom. The first kappa shape index (κ1) is 14.6. The highest BCUT2D eigenvalue weighted by Crippen LogP contribution is 2.22. The molecule has 0 saturated carbocycles. The zero-order valence-corrected chi connectivity index (χ0v) is 13.3. The van der Waals surface area contributed by atoms with Crippen molar-refractivity contribution in [1.29, 1.82) is 0 Å². The number of aromatic nitrogens is 1. The molecular formula is C14H21BrN2O2. The number of ether oxygens (including phenoxy) is 1. The Morgan fingerprint density at radius 2 is 2.32 bits per heavy atom. The normalized spacial score (nSPS) is 20.1. The molecule has 1 saturated heterocycles. The van der Waals surface area contributed by atoms with Crippen molar-refractivity contribution in [2.45, 2.75) is 39.3 Å². The van der Waals surface area contributed by atoms with Gasteiger partial charge in [-0.3, -0.25) is 4.79 Å². The van der Waals surface area contributed by atoms with Crippen molar-refractivity contribution in [1.82, 2.24) is 9.47 Å². The van der Waals surface area contributed by atoms with Gasteiger partial charge in [0.2, 0.25) is 0 Å². The summed E-state index contributed by atoms with van der Waals surface area (Å²) in [4.78, 5) is 14.7. The third-order valence-electron chi connectivity index (χ3n) is 3.55. The molecule has 2 rings (SSSR count). The van der Waals surface area contributed by atoms with Crippen LogP contribution >= 0.6 is 15.9 Å². The Labute approximate surface area is 122 Å². The first-order valence-electron chi connectivity index (χ1n) is 6.80. The fourth-order valence-electron chi connectivity index (χ4n) is 2.45. The van der Waals surface area contributed by atoms with Gasteiger partial charge in [-0.1, -0.05) is 6.92 Å². The molecule has 1 fully saturated rings. The van der Waals surface area contributed by atoms with Crippen LogP contribution in [0.3, 0.4) is 0 Å². The maximum Gasteiger partial charge on any atom is 0.270 e. The summed E-state index contributed by atoms with van der Waals surface area (Å²) in [5.74, 6) is 0.106. The second-order valence-corrected chi connectivity index (χ2v) is 6.10. The Hall–Kier alpha value is -0.810. The summed E-state index contributed by atoms with van der Waals surface area (Å²) >= 11 is 3.46. The fraction of sp³-hybridized carbons (Fsp3) is 0.643. The highest BCUT2D eigenvalue weighted by atomic mass is 79.9. The third-order valence-corrected chi connectivity index (χ3v) is 3.98. The van der Waals surface area contributed by atoms with Gasteiger partial charge < -0.3 is 14.2 Å². The van der Waals surface area contributed by atoms with Gasteiger partial charge in [0, 0.05) is 23.3 Å². The van der Waals surface area contributed by atoms with E-state index in [0.29, 0.717) is 19.8 Å². The lowest BCUT2D eigenvalue weighted by atomic mass is 10.1. The largest absolute Gasteiger partial charge is 0.377 e. The molecule has 4 nitrogen and oxygen atoms in total. The van der Waals surface area contributed by atoms with Crippen molar-refractivity contribution in [2.24, 2.45) is 0 Å². The van der Waals surface area contributed by atoms with Crippen LogP contribution in [0.15, 0.2) is 16.7 Å². The number of amides is 1. The number of rotatable bonds is 3. The number of hydrogen-bond donors (Lipinski definition) is 0. The lowest BCUT2D eigenvalue weighted by molar-refractivity contribution is -0.00340. The summed E-state index contributed by atoms with van der Waals surface area (Å²) in [5.41, 5.74) is 0.752. The van der Waals surface area contributed by atoms with Gasteiger partial charge in [-0.25, -0.2) is 0 Å². The molecule has 1 atom stereocenters. The van der Waals surface area contributed by atoms with E-state index < -0.39 is 0 Å². The molecule has 1 amide bonds. The lowest BCUT2D eigenvalue weighted by Crippen LogP contribution is -2.48. The fourth-order valence-corrected chi connectivity index (χ4v) is 2.89. The van der Waals surface area contributed by atoms with Gasteiger partial charge in [0.1, 0.15) is 5.69 Å². The summed E-state index contributed by atoms with van der Waals surface area (Å²) in [6.07, 6.45) is 2.90. The molecule has 1 unspecified atom stereocenters. The van der Waals surface area contributed by atoms with Gasteiger partial charge in [0.25, 0.3) is 5.91 Å². The van der Waals surface area contributed by atoms with E-state index in [4.69, 9.17) is 4.74 Å². The highest BCUT2D eigenvalue weighted by molar-refractivity contribution is 9.10. The molecular weight excluding hydrogens is 308 g/mol. The number of nitrogens with zero attached hydrogens (tertiary/aromatic N) is 2. The van der Waals surface area contributed by atoms with Crippen LogP contribution in [0.25, 0.3) is 0 Å². The van der Waals surface area contributed by atoms with E-state index in [1.54, 1.807) is 0 Å². The van der Waals surface area contributed by atoms with Crippen LogP contribution in [0.4, 0.5) is 0 Å². The maximum absolute atomic E-state index is 12.7. The van der Waals surface area contributed by atoms with Gasteiger partial charge in [0.05, 0.1) is 19.3 Å². The molecule has 0 aromatic carbocycles. The molecule has 0 aliphatic carbocycles. The topological polar surface area (TPSA) is 34.5 Å². The minimum atomic E-state index is 0.106. The second kappa shape index (κ2) is 6.09. The molecule has 0 bridgehead atoms. The molecule has 1 aromatic heterocycles. The minimum Gasteiger partial charge on any atom is -0.377 e. The summed E-state index contributed by atoms with van der Waals surface area (Å²) < 4.78 is 8.43. The Morgan fingerprint density at radius 1 is 1.58 bits per heavy atom. The van der Waals surface area contributed by atoms with Crippen LogP contribution in [0.5, 0.6) is 0 Å². The Kier molecular flexibility index (Phi) is 4.68. The van der Waals surface area contributed by atoms with Crippen molar-refractivity contribution >= 4 is 21.8 Å². The van der Waals surface area contributed by atoms with Crippen LogP contribution in [-0.2, 0) is 4.74 Å². The number of morpholine rings is 1. The molecule has 1 aliphatic rings. The van der Waals surface area contributed by atoms with Crippen LogP contribution in [0, 0.1) is 0 Å². The van der Waals surface area contributed by atoms with Crippen molar-refractivity contribution in [2.75, 3.05) is 19.8 Å². The predicted octanol–water partition coefficient (Wildman–Crippen LogP) is 3.08. The van der Waals surface area contributed by atoms with Crippen LogP contribution < -0.4 is 0 Å². The lowest BCUT2D eigenvalue weighted by Gasteiger charge is -2.35. The minimum absolute atomic E-state index is 0.106. The van der Waals surface area contributed by atoms with E-state index in [-0.39, 0.29) is 18.0 Å². The standard InChI is InChI=1S/C14H21BrN2O2/c1-4-12-9-19-6-5-16(12)14(18)13-7-11(15)8-17(13)10(2)3/h7-8,10,12H,4-6,9H2,1-3H3. The van der Waals surface area contributed by atoms with E-state index in [9.17, 15) is 4.79 Å². The summed E-state index contributed by atoms with van der Waals surface area (Å²) in [6.45, 7) is 8.21. The quantitative estimate of drug-likeness (QED) is 0.854. The summed E-state index contributed by atoms with van der Waals surface area (Å²) in [7, 11) is 0. The van der Waals surface area contributed by atoms with Crippen molar-refractivity contribution < 1.29 is 9.53 Å². The molecule has 1 aliphatic heterocycles. The SMILES string of the molecule is CCC1COCCN1C(=O)c1cc(Br)cn1C(C)C. The number of hydrogen-bond acceptors (Lipinski definition) is 2. The van der Waals surface area contributed by atoms with Crippen molar-refractivity contribution in [3.63, 3.8) is 0 Å². The molecule has 19 heavy (non-hydrogen) atoms. The number of carbonyl (C=O) groups is 1. The predicted molar refractivity (Wildman–Crippen MR) is 78.5 cm³/mol. The van der Waals surface area contributed by atoms with Crippen LogP contribution in [0.2, 0.25) is 0 Å². The van der Waals surface area contributed by atoms with E-state index in [1.807, 2.05) is 21.7 Å². The number of halogens is 1. The van der Waals surface area contributed by atoms with Gasteiger partial charge in [0.15, 0.2) is 0 Å². The molecule has 1 aromatic rings. The van der Waals surface area contributed by atoms with Crippen molar-refractivity contribution in [3.8, 4) is 0 Å². The van der Waals surface area contributed by atoms with Crippen LogP contribution in [-0.4, -0.2) is 41.2 Å². The van der Waals surface area contributed by atoms with E-state index in [0.717, 1.165) is 16.6 Å². The van der Waals surface area contributed by atoms with Gasteiger partial charge >= 0.3 is 0 Å². The second-order valence-electron chi connectivity index (χ2n) is 5.18. The van der Waals surface area contributed by atoms with Gasteiger partial charge in [-0.2, -0.15) is 0 Å². The van der Waals surface area contributed by atoms with Gasteiger partial charge in [-0.15, -0.1) is 0 Å². The number of carbonyl (C=O) groups excluding carboxylic acids is 1. The molecule has 0 spiro atoms. The Balaban J connectivity index is 2.27. The average molecular weight is 329 g/mol. The molecule has 5 heteroatoms. The van der Waals surface area contributed by atoms with Crippen molar-refractivity contribution in [3.05, 3.63) is 22.4 Å². The first-order chi connectivity index (χ1) is 9.04. The smallest absolute Gasteiger partial charge is 0.270 e. The third kappa shape index (κ3) is 3.03. The molecule has 0 radical (unpaired) electrons. The molecule has 2 heterocycles. The molecule has 0 N–H and O–H groups in total. The average Bonchev–Trinajstić information content (AvgIpc) is 2.80. The monoisotopic (exact) mass is 328 g/mol.